The Morgan fingerprint density at radius 1 is 1.26 bits per heavy atom. The van der Waals surface area contributed by atoms with Gasteiger partial charge in [-0.05, 0) is 31.5 Å². The second-order valence-electron chi connectivity index (χ2n) is 5.87. The predicted molar refractivity (Wildman–Crippen MR) is 87.8 cm³/mol. The van der Waals surface area contributed by atoms with Crippen LogP contribution in [-0.2, 0) is 20.9 Å². The number of methoxy groups -OCH3 is 1. The summed E-state index contributed by atoms with van der Waals surface area (Å²) in [4.78, 5) is 26.2. The van der Waals surface area contributed by atoms with Gasteiger partial charge in [0.1, 0.15) is 5.60 Å². The average molecular weight is 319 g/mol. The van der Waals surface area contributed by atoms with Crippen molar-refractivity contribution in [2.75, 3.05) is 33.8 Å². The van der Waals surface area contributed by atoms with E-state index in [1.54, 1.807) is 19.1 Å². The fourth-order valence-electron chi connectivity index (χ4n) is 2.75. The molecule has 2 amide bonds. The van der Waals surface area contributed by atoms with E-state index in [4.69, 9.17) is 4.74 Å². The molecule has 23 heavy (non-hydrogen) atoms. The molecule has 6 nitrogen and oxygen atoms in total. The number of hydrogen-bond donors (Lipinski definition) is 2. The Morgan fingerprint density at radius 3 is 2.52 bits per heavy atom. The van der Waals surface area contributed by atoms with E-state index in [0.717, 1.165) is 18.7 Å². The maximum absolute atomic E-state index is 12.4. The van der Waals surface area contributed by atoms with Crippen LogP contribution in [0.15, 0.2) is 30.3 Å². The minimum absolute atomic E-state index is 0.0132. The van der Waals surface area contributed by atoms with Gasteiger partial charge in [0.2, 0.25) is 5.91 Å². The molecule has 0 unspecified atom stereocenters. The molecule has 1 aromatic carbocycles. The lowest BCUT2D eigenvalue weighted by molar-refractivity contribution is -0.148. The van der Waals surface area contributed by atoms with Crippen molar-refractivity contribution in [3.63, 3.8) is 0 Å². The van der Waals surface area contributed by atoms with Gasteiger partial charge >= 0.3 is 0 Å². The lowest BCUT2D eigenvalue weighted by Gasteiger charge is -2.34. The third kappa shape index (κ3) is 4.53. The minimum atomic E-state index is -0.816. The Morgan fingerprint density at radius 2 is 1.91 bits per heavy atom. The summed E-state index contributed by atoms with van der Waals surface area (Å²) >= 11 is 0. The summed E-state index contributed by atoms with van der Waals surface area (Å²) in [6.07, 6.45) is 1.23. The van der Waals surface area contributed by atoms with Gasteiger partial charge in [0.15, 0.2) is 0 Å². The standard InChI is InChI=1S/C17H25N3O3/c1-20(13-14-6-4-3-5-7-14)15(21)12-19-16(22)17(23-2)8-10-18-11-9-17/h3-7,18H,8-13H2,1-2H3,(H,19,22). The number of carbonyl (C=O) groups excluding carboxylic acids is 2. The Bertz CT molecular complexity index is 527. The van der Waals surface area contributed by atoms with Crippen molar-refractivity contribution >= 4 is 11.8 Å². The van der Waals surface area contributed by atoms with E-state index in [1.165, 1.54) is 0 Å². The highest BCUT2D eigenvalue weighted by Gasteiger charge is 2.39. The fourth-order valence-corrected chi connectivity index (χ4v) is 2.75. The van der Waals surface area contributed by atoms with Crippen LogP contribution < -0.4 is 10.6 Å². The van der Waals surface area contributed by atoms with Gasteiger partial charge in [0.05, 0.1) is 6.54 Å². The van der Waals surface area contributed by atoms with Crippen LogP contribution in [0.3, 0.4) is 0 Å². The van der Waals surface area contributed by atoms with E-state index in [2.05, 4.69) is 10.6 Å². The topological polar surface area (TPSA) is 70.7 Å². The largest absolute Gasteiger partial charge is 0.368 e. The van der Waals surface area contributed by atoms with Crippen LogP contribution >= 0.6 is 0 Å². The van der Waals surface area contributed by atoms with Crippen molar-refractivity contribution in [3.8, 4) is 0 Å². The zero-order valence-electron chi connectivity index (χ0n) is 13.8. The van der Waals surface area contributed by atoms with E-state index in [-0.39, 0.29) is 18.4 Å². The van der Waals surface area contributed by atoms with E-state index in [9.17, 15) is 9.59 Å². The Balaban J connectivity index is 1.84. The lowest BCUT2D eigenvalue weighted by Crippen LogP contribution is -2.55. The van der Waals surface area contributed by atoms with Gasteiger partial charge in [0.25, 0.3) is 5.91 Å². The number of carbonyl (C=O) groups is 2. The summed E-state index contributed by atoms with van der Waals surface area (Å²) in [7, 11) is 3.28. The summed E-state index contributed by atoms with van der Waals surface area (Å²) < 4.78 is 5.45. The van der Waals surface area contributed by atoms with Gasteiger partial charge in [-0.15, -0.1) is 0 Å². The molecule has 0 aromatic heterocycles. The fraction of sp³-hybridized carbons (Fsp3) is 0.529. The van der Waals surface area contributed by atoms with Gasteiger partial charge in [-0.25, -0.2) is 0 Å². The van der Waals surface area contributed by atoms with Gasteiger partial charge in [0, 0.05) is 20.7 Å². The number of benzene rings is 1. The molecule has 1 aliphatic heterocycles. The van der Waals surface area contributed by atoms with E-state index < -0.39 is 5.60 Å². The molecule has 1 saturated heterocycles. The molecule has 0 bridgehead atoms. The molecule has 1 aromatic rings. The van der Waals surface area contributed by atoms with Crippen LogP contribution in [0.1, 0.15) is 18.4 Å². The number of hydrogen-bond acceptors (Lipinski definition) is 4. The minimum Gasteiger partial charge on any atom is -0.368 e. The average Bonchev–Trinajstić information content (AvgIpc) is 2.60. The highest BCUT2D eigenvalue weighted by Crippen LogP contribution is 2.22. The first-order valence-electron chi connectivity index (χ1n) is 7.89. The monoisotopic (exact) mass is 319 g/mol. The van der Waals surface area contributed by atoms with Gasteiger partial charge in [-0.3, -0.25) is 9.59 Å². The molecule has 2 N–H and O–H groups in total. The molecule has 1 heterocycles. The predicted octanol–water partition coefficient (Wildman–Crippen LogP) is 0.530. The number of likely N-dealkylation sites (N-methyl/N-ethyl adjacent to an activating group) is 1. The van der Waals surface area contributed by atoms with Crippen LogP contribution in [0.2, 0.25) is 0 Å². The highest BCUT2D eigenvalue weighted by molar-refractivity contribution is 5.89. The Kier molecular flexibility index (Phi) is 6.12. The van der Waals surface area contributed by atoms with Crippen molar-refractivity contribution in [2.24, 2.45) is 0 Å². The van der Waals surface area contributed by atoms with Gasteiger partial charge in [-0.2, -0.15) is 0 Å². The zero-order chi connectivity index (χ0) is 16.7. The van der Waals surface area contributed by atoms with Crippen molar-refractivity contribution in [3.05, 3.63) is 35.9 Å². The van der Waals surface area contributed by atoms with Crippen molar-refractivity contribution < 1.29 is 14.3 Å². The van der Waals surface area contributed by atoms with Crippen LogP contribution in [0.5, 0.6) is 0 Å². The molecule has 1 aliphatic rings. The van der Waals surface area contributed by atoms with Crippen LogP contribution in [0.25, 0.3) is 0 Å². The number of piperidine rings is 1. The molecule has 126 valence electrons. The van der Waals surface area contributed by atoms with E-state index in [0.29, 0.717) is 19.4 Å². The summed E-state index contributed by atoms with van der Waals surface area (Å²) in [5.74, 6) is -0.328. The first kappa shape index (κ1) is 17.4. The van der Waals surface area contributed by atoms with Gasteiger partial charge in [-0.1, -0.05) is 30.3 Å². The van der Waals surface area contributed by atoms with Crippen LogP contribution in [0, 0.1) is 0 Å². The molecule has 0 aliphatic carbocycles. The zero-order valence-corrected chi connectivity index (χ0v) is 13.8. The molecule has 0 saturated carbocycles. The first-order valence-corrected chi connectivity index (χ1v) is 7.89. The Labute approximate surface area is 137 Å². The summed E-state index contributed by atoms with van der Waals surface area (Å²) in [5, 5.41) is 5.93. The molecule has 0 radical (unpaired) electrons. The number of rotatable bonds is 6. The highest BCUT2D eigenvalue weighted by atomic mass is 16.5. The molecule has 0 atom stereocenters. The smallest absolute Gasteiger partial charge is 0.252 e. The maximum atomic E-state index is 12.4. The lowest BCUT2D eigenvalue weighted by atomic mass is 9.91. The summed E-state index contributed by atoms with van der Waals surface area (Å²) in [6.45, 7) is 1.99. The summed E-state index contributed by atoms with van der Waals surface area (Å²) in [6, 6.07) is 9.76. The van der Waals surface area contributed by atoms with Crippen LogP contribution in [-0.4, -0.2) is 56.1 Å². The quantitative estimate of drug-likeness (QED) is 0.802. The van der Waals surface area contributed by atoms with E-state index >= 15 is 0 Å². The van der Waals surface area contributed by atoms with Crippen molar-refractivity contribution in [1.82, 2.24) is 15.5 Å². The number of amides is 2. The molecular weight excluding hydrogens is 294 g/mol. The Hall–Kier alpha value is -1.92. The summed E-state index contributed by atoms with van der Waals surface area (Å²) in [5.41, 5.74) is 0.241. The molecule has 6 heteroatoms. The first-order chi connectivity index (χ1) is 11.1. The molecule has 0 spiro atoms. The molecule has 1 fully saturated rings. The van der Waals surface area contributed by atoms with Crippen LogP contribution in [0.4, 0.5) is 0 Å². The SMILES string of the molecule is COC1(C(=O)NCC(=O)N(C)Cc2ccccc2)CCNCC1. The van der Waals surface area contributed by atoms with Crippen molar-refractivity contribution in [2.45, 2.75) is 25.0 Å². The number of ether oxygens (including phenoxy) is 1. The van der Waals surface area contributed by atoms with E-state index in [1.807, 2.05) is 30.3 Å². The second-order valence-corrected chi connectivity index (χ2v) is 5.87. The normalized spacial score (nSPS) is 16.6. The second kappa shape index (κ2) is 8.08. The maximum Gasteiger partial charge on any atom is 0.252 e. The molecule has 2 rings (SSSR count). The number of nitrogens with one attached hydrogen (secondary N) is 2. The molecular formula is C17H25N3O3. The van der Waals surface area contributed by atoms with Crippen molar-refractivity contribution in [1.29, 1.82) is 0 Å². The van der Waals surface area contributed by atoms with Gasteiger partial charge < -0.3 is 20.3 Å². The number of nitrogens with zero attached hydrogens (tertiary/aromatic N) is 1. The third-order valence-electron chi connectivity index (χ3n) is 4.30. The third-order valence-corrected chi connectivity index (χ3v) is 4.30.